The lowest BCUT2D eigenvalue weighted by Gasteiger charge is -2.38. The van der Waals surface area contributed by atoms with Gasteiger partial charge in [-0.05, 0) is 17.7 Å². The number of nitrogens with two attached hydrogens (primary N) is 1. The number of primary amides is 1. The number of halogens is 2. The maximum atomic E-state index is 12.3. The SMILES string of the molecule is NC(=O)c1ccc(CC(=O)N2CC(C(F)F)C2)cc1. The van der Waals surface area contributed by atoms with E-state index in [9.17, 15) is 18.4 Å². The highest BCUT2D eigenvalue weighted by molar-refractivity contribution is 5.92. The van der Waals surface area contributed by atoms with Gasteiger partial charge in [-0.3, -0.25) is 9.59 Å². The van der Waals surface area contributed by atoms with E-state index in [1.54, 1.807) is 24.3 Å². The first-order valence-electron chi connectivity index (χ1n) is 5.92. The van der Waals surface area contributed by atoms with Crippen LogP contribution in [0, 0.1) is 5.92 Å². The number of alkyl halides is 2. The summed E-state index contributed by atoms with van der Waals surface area (Å²) in [4.78, 5) is 24.1. The Hall–Kier alpha value is -1.98. The highest BCUT2D eigenvalue weighted by Gasteiger charge is 2.36. The van der Waals surface area contributed by atoms with Crippen molar-refractivity contribution in [3.8, 4) is 0 Å². The maximum absolute atomic E-state index is 12.3. The zero-order valence-electron chi connectivity index (χ0n) is 10.2. The molecular weight excluding hydrogens is 254 g/mol. The normalized spacial score (nSPS) is 15.4. The van der Waals surface area contributed by atoms with Crippen molar-refractivity contribution in [1.82, 2.24) is 4.90 Å². The molecule has 0 aliphatic carbocycles. The minimum absolute atomic E-state index is 0.121. The lowest BCUT2D eigenvalue weighted by atomic mass is 9.99. The van der Waals surface area contributed by atoms with E-state index in [0.29, 0.717) is 5.56 Å². The summed E-state index contributed by atoms with van der Waals surface area (Å²) >= 11 is 0. The molecule has 0 spiro atoms. The Morgan fingerprint density at radius 2 is 1.84 bits per heavy atom. The summed E-state index contributed by atoms with van der Waals surface area (Å²) in [6, 6.07) is 6.37. The smallest absolute Gasteiger partial charge is 0.248 e. The van der Waals surface area contributed by atoms with Crippen molar-refractivity contribution in [3.05, 3.63) is 35.4 Å². The first kappa shape index (κ1) is 13.5. The number of rotatable bonds is 4. The standard InChI is InChI=1S/C13H14F2N2O2/c14-12(15)10-6-17(7-10)11(18)5-8-1-3-9(4-2-8)13(16)19/h1-4,10,12H,5-7H2,(H2,16,19). The Labute approximate surface area is 109 Å². The molecule has 0 saturated carbocycles. The molecule has 1 fully saturated rings. The lowest BCUT2D eigenvalue weighted by Crippen LogP contribution is -2.53. The molecule has 0 radical (unpaired) electrons. The molecule has 4 nitrogen and oxygen atoms in total. The Morgan fingerprint density at radius 1 is 1.26 bits per heavy atom. The van der Waals surface area contributed by atoms with Gasteiger partial charge in [-0.2, -0.15) is 0 Å². The summed E-state index contributed by atoms with van der Waals surface area (Å²) in [6.45, 7) is 0.242. The number of hydrogen-bond acceptors (Lipinski definition) is 2. The van der Waals surface area contributed by atoms with E-state index in [0.717, 1.165) is 5.56 Å². The van der Waals surface area contributed by atoms with Gasteiger partial charge >= 0.3 is 0 Å². The molecule has 0 atom stereocenters. The molecule has 1 aliphatic heterocycles. The van der Waals surface area contributed by atoms with Crippen LogP contribution in [0.15, 0.2) is 24.3 Å². The predicted octanol–water partition coefficient (Wildman–Crippen LogP) is 1.05. The number of carbonyl (C=O) groups is 2. The minimum atomic E-state index is -2.36. The van der Waals surface area contributed by atoms with Crippen molar-refractivity contribution in [3.63, 3.8) is 0 Å². The Kier molecular flexibility index (Phi) is 3.78. The van der Waals surface area contributed by atoms with Gasteiger partial charge in [0.15, 0.2) is 0 Å². The predicted molar refractivity (Wildman–Crippen MR) is 64.7 cm³/mol. The molecule has 0 unspecified atom stereocenters. The molecule has 6 heteroatoms. The van der Waals surface area contributed by atoms with Crippen molar-refractivity contribution in [2.45, 2.75) is 12.8 Å². The molecular formula is C13H14F2N2O2. The Balaban J connectivity index is 1.88. The molecule has 1 aromatic rings. The summed E-state index contributed by atoms with van der Waals surface area (Å²) in [5, 5.41) is 0. The highest BCUT2D eigenvalue weighted by atomic mass is 19.3. The van der Waals surface area contributed by atoms with E-state index < -0.39 is 18.3 Å². The fourth-order valence-corrected chi connectivity index (χ4v) is 1.95. The van der Waals surface area contributed by atoms with E-state index in [4.69, 9.17) is 5.73 Å². The van der Waals surface area contributed by atoms with Gasteiger partial charge in [-0.1, -0.05) is 12.1 Å². The summed E-state index contributed by atoms with van der Waals surface area (Å²) in [6.07, 6.45) is -2.21. The summed E-state index contributed by atoms with van der Waals surface area (Å²) in [7, 11) is 0. The monoisotopic (exact) mass is 268 g/mol. The lowest BCUT2D eigenvalue weighted by molar-refractivity contribution is -0.140. The van der Waals surface area contributed by atoms with Gasteiger partial charge in [-0.15, -0.1) is 0 Å². The first-order valence-corrected chi connectivity index (χ1v) is 5.92. The average Bonchev–Trinajstić information content (AvgIpc) is 2.26. The molecule has 1 aromatic carbocycles. The number of amides is 2. The largest absolute Gasteiger partial charge is 0.366 e. The van der Waals surface area contributed by atoms with Gasteiger partial charge < -0.3 is 10.6 Å². The summed E-state index contributed by atoms with van der Waals surface area (Å²) in [5.74, 6) is -1.40. The maximum Gasteiger partial charge on any atom is 0.248 e. The van der Waals surface area contributed by atoms with Crippen LogP contribution in [0.2, 0.25) is 0 Å². The molecule has 1 aliphatic rings. The van der Waals surface area contributed by atoms with Gasteiger partial charge in [-0.25, -0.2) is 8.78 Å². The van der Waals surface area contributed by atoms with Crippen LogP contribution in [0.1, 0.15) is 15.9 Å². The van der Waals surface area contributed by atoms with Gasteiger partial charge in [0, 0.05) is 18.7 Å². The second-order valence-corrected chi connectivity index (χ2v) is 4.63. The molecule has 19 heavy (non-hydrogen) atoms. The van der Waals surface area contributed by atoms with Crippen LogP contribution in [0.25, 0.3) is 0 Å². The molecule has 0 bridgehead atoms. The second-order valence-electron chi connectivity index (χ2n) is 4.63. The third-order valence-corrected chi connectivity index (χ3v) is 3.21. The molecule has 1 saturated heterocycles. The topological polar surface area (TPSA) is 63.4 Å². The third-order valence-electron chi connectivity index (χ3n) is 3.21. The highest BCUT2D eigenvalue weighted by Crippen LogP contribution is 2.23. The van der Waals surface area contributed by atoms with E-state index in [1.165, 1.54) is 4.90 Å². The molecule has 1 heterocycles. The number of hydrogen-bond donors (Lipinski definition) is 1. The number of nitrogens with zero attached hydrogens (tertiary/aromatic N) is 1. The van der Waals surface area contributed by atoms with Crippen LogP contribution in [-0.2, 0) is 11.2 Å². The number of carbonyl (C=O) groups excluding carboxylic acids is 2. The first-order chi connectivity index (χ1) is 8.97. The van der Waals surface area contributed by atoms with Crippen LogP contribution >= 0.6 is 0 Å². The van der Waals surface area contributed by atoms with Gasteiger partial charge in [0.1, 0.15) is 0 Å². The molecule has 2 amide bonds. The van der Waals surface area contributed by atoms with Gasteiger partial charge in [0.2, 0.25) is 18.2 Å². The Bertz CT molecular complexity index is 482. The molecule has 2 rings (SSSR count). The summed E-state index contributed by atoms with van der Waals surface area (Å²) < 4.78 is 24.6. The minimum Gasteiger partial charge on any atom is -0.366 e. The molecule has 0 aromatic heterocycles. The molecule has 2 N–H and O–H groups in total. The average molecular weight is 268 g/mol. The van der Waals surface area contributed by atoms with Crippen molar-refractivity contribution in [2.24, 2.45) is 11.7 Å². The number of benzene rings is 1. The second kappa shape index (κ2) is 5.34. The van der Waals surface area contributed by atoms with Crippen molar-refractivity contribution in [2.75, 3.05) is 13.1 Å². The third kappa shape index (κ3) is 3.07. The van der Waals surface area contributed by atoms with Crippen molar-refractivity contribution < 1.29 is 18.4 Å². The van der Waals surface area contributed by atoms with Crippen LogP contribution in [0.5, 0.6) is 0 Å². The quantitative estimate of drug-likeness (QED) is 0.887. The van der Waals surface area contributed by atoms with Gasteiger partial charge in [0.25, 0.3) is 0 Å². The van der Waals surface area contributed by atoms with Crippen LogP contribution in [0.4, 0.5) is 8.78 Å². The van der Waals surface area contributed by atoms with Crippen LogP contribution in [0.3, 0.4) is 0 Å². The van der Waals surface area contributed by atoms with Crippen molar-refractivity contribution in [1.29, 1.82) is 0 Å². The van der Waals surface area contributed by atoms with Gasteiger partial charge in [0.05, 0.1) is 12.3 Å². The summed E-state index contributed by atoms with van der Waals surface area (Å²) in [5.41, 5.74) is 6.21. The van der Waals surface area contributed by atoms with E-state index in [2.05, 4.69) is 0 Å². The fourth-order valence-electron chi connectivity index (χ4n) is 1.95. The van der Waals surface area contributed by atoms with E-state index in [1.807, 2.05) is 0 Å². The molecule has 102 valence electrons. The Morgan fingerprint density at radius 3 is 2.32 bits per heavy atom. The van der Waals surface area contributed by atoms with E-state index >= 15 is 0 Å². The zero-order chi connectivity index (χ0) is 14.0. The van der Waals surface area contributed by atoms with Crippen LogP contribution in [-0.4, -0.2) is 36.2 Å². The van der Waals surface area contributed by atoms with Crippen LogP contribution < -0.4 is 5.73 Å². The van der Waals surface area contributed by atoms with Crippen molar-refractivity contribution >= 4 is 11.8 Å². The van der Waals surface area contributed by atoms with E-state index in [-0.39, 0.29) is 25.4 Å². The fraction of sp³-hybridized carbons (Fsp3) is 0.385. The zero-order valence-corrected chi connectivity index (χ0v) is 10.2. The number of likely N-dealkylation sites (tertiary alicyclic amines) is 1.